The Morgan fingerprint density at radius 2 is 2.00 bits per heavy atom. The lowest BCUT2D eigenvalue weighted by Gasteiger charge is -2.16. The van der Waals surface area contributed by atoms with E-state index in [9.17, 15) is 9.90 Å². The second-order valence-corrected chi connectivity index (χ2v) is 7.09. The van der Waals surface area contributed by atoms with E-state index in [0.29, 0.717) is 18.8 Å². The molecule has 4 nitrogen and oxygen atoms in total. The summed E-state index contributed by atoms with van der Waals surface area (Å²) in [4.78, 5) is 13.9. The second-order valence-electron chi connectivity index (χ2n) is 4.47. The highest BCUT2D eigenvalue weighted by Crippen LogP contribution is 2.34. The molecule has 1 heterocycles. The standard InChI is InChI=1S/C12H13Br3N2O2/c13-7-3-9(14)12(10(15)4-7)16-11(19)6-17-2-1-8(18)5-17/h3-4,8,18H,1-2,5-6H2,(H,16,19)/t8-/m1/s1. The van der Waals surface area contributed by atoms with E-state index >= 15 is 0 Å². The van der Waals surface area contributed by atoms with Crippen LogP contribution in [0.5, 0.6) is 0 Å². The number of aliphatic hydroxyl groups is 1. The molecule has 0 radical (unpaired) electrons. The summed E-state index contributed by atoms with van der Waals surface area (Å²) in [6.07, 6.45) is 0.429. The molecule has 104 valence electrons. The first kappa shape index (κ1) is 15.4. The van der Waals surface area contributed by atoms with Gasteiger partial charge in [0, 0.05) is 26.5 Å². The first-order valence-electron chi connectivity index (χ1n) is 5.80. The van der Waals surface area contributed by atoms with Crippen LogP contribution in [-0.4, -0.2) is 41.7 Å². The normalized spacial score (nSPS) is 19.7. The van der Waals surface area contributed by atoms with E-state index in [4.69, 9.17) is 0 Å². The maximum atomic E-state index is 12.0. The third-order valence-electron chi connectivity index (χ3n) is 2.89. The van der Waals surface area contributed by atoms with Gasteiger partial charge in [-0.3, -0.25) is 9.69 Å². The van der Waals surface area contributed by atoms with Gasteiger partial charge in [0.15, 0.2) is 0 Å². The zero-order valence-electron chi connectivity index (χ0n) is 10.00. The van der Waals surface area contributed by atoms with Gasteiger partial charge in [-0.05, 0) is 50.4 Å². The summed E-state index contributed by atoms with van der Waals surface area (Å²) in [6, 6.07) is 3.75. The van der Waals surface area contributed by atoms with Crippen LogP contribution in [0.1, 0.15) is 6.42 Å². The summed E-state index contributed by atoms with van der Waals surface area (Å²) in [7, 11) is 0. The molecule has 1 fully saturated rings. The first-order chi connectivity index (χ1) is 8.95. The van der Waals surface area contributed by atoms with Gasteiger partial charge in [-0.2, -0.15) is 0 Å². The molecular weight excluding hydrogens is 444 g/mol. The van der Waals surface area contributed by atoms with Crippen molar-refractivity contribution in [1.29, 1.82) is 0 Å². The van der Waals surface area contributed by atoms with Gasteiger partial charge in [-0.15, -0.1) is 0 Å². The number of nitrogens with zero attached hydrogens (tertiary/aromatic N) is 1. The molecule has 1 aliphatic rings. The number of anilines is 1. The van der Waals surface area contributed by atoms with Crippen molar-refractivity contribution in [2.75, 3.05) is 25.0 Å². The number of carbonyl (C=O) groups is 1. The van der Waals surface area contributed by atoms with Crippen LogP contribution in [0.3, 0.4) is 0 Å². The Bertz CT molecular complexity index is 473. The number of aliphatic hydroxyl groups excluding tert-OH is 1. The fraction of sp³-hybridized carbons (Fsp3) is 0.417. The van der Waals surface area contributed by atoms with Gasteiger partial charge in [0.05, 0.1) is 18.3 Å². The predicted molar refractivity (Wildman–Crippen MR) is 85.2 cm³/mol. The fourth-order valence-corrected chi connectivity index (χ4v) is 4.46. The summed E-state index contributed by atoms with van der Waals surface area (Å²) in [5.41, 5.74) is 0.716. The molecule has 7 heteroatoms. The second kappa shape index (κ2) is 6.67. The lowest BCUT2D eigenvalue weighted by Crippen LogP contribution is -2.32. The van der Waals surface area contributed by atoms with Gasteiger partial charge in [-0.25, -0.2) is 0 Å². The highest BCUT2D eigenvalue weighted by molar-refractivity contribution is 9.11. The third-order valence-corrected chi connectivity index (χ3v) is 4.59. The van der Waals surface area contributed by atoms with Gasteiger partial charge < -0.3 is 10.4 Å². The summed E-state index contributed by atoms with van der Waals surface area (Å²) < 4.78 is 2.54. The monoisotopic (exact) mass is 454 g/mol. The lowest BCUT2D eigenvalue weighted by atomic mass is 10.3. The molecule has 0 bridgehead atoms. The molecule has 1 atom stereocenters. The van der Waals surface area contributed by atoms with Crippen LogP contribution in [0.2, 0.25) is 0 Å². The van der Waals surface area contributed by atoms with Crippen LogP contribution >= 0.6 is 47.8 Å². The molecule has 1 aliphatic heterocycles. The molecule has 2 rings (SSSR count). The molecule has 0 spiro atoms. The molecule has 1 aromatic carbocycles. The molecule has 2 N–H and O–H groups in total. The van der Waals surface area contributed by atoms with Crippen LogP contribution in [0, 0.1) is 0 Å². The summed E-state index contributed by atoms with van der Waals surface area (Å²) >= 11 is 10.2. The first-order valence-corrected chi connectivity index (χ1v) is 8.18. The molecule has 1 aromatic rings. The average Bonchev–Trinajstić information content (AvgIpc) is 2.69. The van der Waals surface area contributed by atoms with Gasteiger partial charge in [0.25, 0.3) is 0 Å². The van der Waals surface area contributed by atoms with Gasteiger partial charge >= 0.3 is 0 Å². The number of likely N-dealkylation sites (tertiary alicyclic amines) is 1. The molecule has 0 unspecified atom stereocenters. The van der Waals surface area contributed by atoms with Gasteiger partial charge in [0.2, 0.25) is 5.91 Å². The lowest BCUT2D eigenvalue weighted by molar-refractivity contribution is -0.117. The summed E-state index contributed by atoms with van der Waals surface area (Å²) in [5.74, 6) is -0.0853. The van der Waals surface area contributed by atoms with Crippen LogP contribution < -0.4 is 5.32 Å². The number of halogens is 3. The van der Waals surface area contributed by atoms with Crippen molar-refractivity contribution < 1.29 is 9.90 Å². The number of nitrogens with one attached hydrogen (secondary N) is 1. The Labute approximate surface area is 136 Å². The number of carbonyl (C=O) groups excluding carboxylic acids is 1. The Morgan fingerprint density at radius 1 is 1.37 bits per heavy atom. The number of β-amino-alcohol motifs (C(OH)–C–C–N with tert-alkyl or cyclic N) is 1. The molecule has 19 heavy (non-hydrogen) atoms. The number of amides is 1. The SMILES string of the molecule is O=C(CN1CC[C@@H](O)C1)Nc1c(Br)cc(Br)cc1Br. The van der Waals surface area contributed by atoms with Crippen LogP contribution in [0.4, 0.5) is 5.69 Å². The van der Waals surface area contributed by atoms with Gasteiger partial charge in [-0.1, -0.05) is 15.9 Å². The van der Waals surface area contributed by atoms with Crippen molar-refractivity contribution in [3.05, 3.63) is 25.6 Å². The van der Waals surface area contributed by atoms with Crippen molar-refractivity contribution in [2.24, 2.45) is 0 Å². The quantitative estimate of drug-likeness (QED) is 0.735. The van der Waals surface area contributed by atoms with Crippen LogP contribution in [0.25, 0.3) is 0 Å². The van der Waals surface area contributed by atoms with Crippen molar-refractivity contribution in [1.82, 2.24) is 4.90 Å². The molecule has 0 aliphatic carbocycles. The maximum Gasteiger partial charge on any atom is 0.238 e. The molecule has 0 saturated carbocycles. The zero-order chi connectivity index (χ0) is 14.0. The highest BCUT2D eigenvalue weighted by Gasteiger charge is 2.22. The van der Waals surface area contributed by atoms with Crippen LogP contribution in [-0.2, 0) is 4.79 Å². The van der Waals surface area contributed by atoms with E-state index < -0.39 is 0 Å². The summed E-state index contributed by atoms with van der Waals surface area (Å²) in [6.45, 7) is 1.62. The van der Waals surface area contributed by atoms with E-state index in [2.05, 4.69) is 53.1 Å². The Morgan fingerprint density at radius 3 is 2.53 bits per heavy atom. The number of rotatable bonds is 3. The number of benzene rings is 1. The fourth-order valence-electron chi connectivity index (χ4n) is 2.00. The van der Waals surface area contributed by atoms with Crippen molar-refractivity contribution in [2.45, 2.75) is 12.5 Å². The van der Waals surface area contributed by atoms with Crippen molar-refractivity contribution in [3.8, 4) is 0 Å². The Kier molecular flexibility index (Phi) is 5.42. The van der Waals surface area contributed by atoms with Gasteiger partial charge in [0.1, 0.15) is 0 Å². The maximum absolute atomic E-state index is 12.0. The highest BCUT2D eigenvalue weighted by atomic mass is 79.9. The Hall–Kier alpha value is 0.0500. The minimum Gasteiger partial charge on any atom is -0.392 e. The molecule has 1 saturated heterocycles. The number of hydrogen-bond acceptors (Lipinski definition) is 3. The third kappa shape index (κ3) is 4.26. The minimum atomic E-state index is -0.307. The minimum absolute atomic E-state index is 0.0853. The average molecular weight is 457 g/mol. The zero-order valence-corrected chi connectivity index (χ0v) is 14.8. The largest absolute Gasteiger partial charge is 0.392 e. The van der Waals surface area contributed by atoms with Crippen molar-refractivity contribution >= 4 is 59.4 Å². The van der Waals surface area contributed by atoms with Crippen molar-refractivity contribution in [3.63, 3.8) is 0 Å². The molecular formula is C12H13Br3N2O2. The number of hydrogen-bond donors (Lipinski definition) is 2. The van der Waals surface area contributed by atoms with E-state index in [1.54, 1.807) is 0 Å². The Balaban J connectivity index is 1.99. The summed E-state index contributed by atoms with van der Waals surface area (Å²) in [5, 5.41) is 12.3. The topological polar surface area (TPSA) is 52.6 Å². The van der Waals surface area contributed by atoms with E-state index in [-0.39, 0.29) is 12.0 Å². The smallest absolute Gasteiger partial charge is 0.238 e. The van der Waals surface area contributed by atoms with E-state index in [1.165, 1.54) is 0 Å². The molecule has 1 amide bonds. The molecule has 0 aromatic heterocycles. The van der Waals surface area contributed by atoms with E-state index in [1.807, 2.05) is 17.0 Å². The predicted octanol–water partition coefficient (Wildman–Crippen LogP) is 2.98. The van der Waals surface area contributed by atoms with Crippen LogP contribution in [0.15, 0.2) is 25.6 Å². The van der Waals surface area contributed by atoms with E-state index in [0.717, 1.165) is 26.4 Å².